The number of nitrogens with zero attached hydrogens (tertiary/aromatic N) is 3. The van der Waals surface area contributed by atoms with Crippen LogP contribution >= 0.6 is 0 Å². The molecule has 0 saturated carbocycles. The normalized spacial score (nSPS) is 10.4. The molecule has 0 N–H and O–H groups in total. The standard InChI is InChI=1S/C15H10FN3O3/c16-11-6-4-10(5-7-11)14-18-13(22-19-14)9-21-15(20)12-3-1-2-8-17-12/h1-8H,9H2. The molecule has 0 aliphatic carbocycles. The molecule has 0 aliphatic rings. The first-order valence-corrected chi connectivity index (χ1v) is 6.39. The number of hydrogen-bond acceptors (Lipinski definition) is 6. The minimum atomic E-state index is -0.581. The van der Waals surface area contributed by atoms with Gasteiger partial charge in [-0.25, -0.2) is 14.2 Å². The quantitative estimate of drug-likeness (QED) is 0.689. The fraction of sp³-hybridized carbons (Fsp3) is 0.0667. The first-order chi connectivity index (χ1) is 10.7. The Morgan fingerprint density at radius 3 is 2.73 bits per heavy atom. The van der Waals surface area contributed by atoms with Gasteiger partial charge in [-0.1, -0.05) is 11.2 Å². The number of aromatic nitrogens is 3. The van der Waals surface area contributed by atoms with Crippen LogP contribution in [0.25, 0.3) is 11.4 Å². The Balaban J connectivity index is 1.65. The highest BCUT2D eigenvalue weighted by Gasteiger charge is 2.13. The van der Waals surface area contributed by atoms with Crippen LogP contribution in [0.4, 0.5) is 4.39 Å². The number of benzene rings is 1. The Bertz CT molecular complexity index is 772. The van der Waals surface area contributed by atoms with Gasteiger partial charge >= 0.3 is 5.97 Å². The lowest BCUT2D eigenvalue weighted by Crippen LogP contribution is -2.07. The van der Waals surface area contributed by atoms with E-state index >= 15 is 0 Å². The molecule has 0 fully saturated rings. The van der Waals surface area contributed by atoms with Gasteiger partial charge in [-0.2, -0.15) is 4.98 Å². The monoisotopic (exact) mass is 299 g/mol. The van der Waals surface area contributed by atoms with E-state index in [2.05, 4.69) is 15.1 Å². The maximum Gasteiger partial charge on any atom is 0.357 e. The number of carbonyl (C=O) groups is 1. The van der Waals surface area contributed by atoms with Crippen LogP contribution in [0.1, 0.15) is 16.4 Å². The summed E-state index contributed by atoms with van der Waals surface area (Å²) in [4.78, 5) is 19.7. The van der Waals surface area contributed by atoms with Crippen LogP contribution in [-0.4, -0.2) is 21.1 Å². The zero-order valence-electron chi connectivity index (χ0n) is 11.3. The molecule has 110 valence electrons. The van der Waals surface area contributed by atoms with Crippen molar-refractivity contribution in [2.45, 2.75) is 6.61 Å². The molecule has 0 radical (unpaired) electrons. The summed E-state index contributed by atoms with van der Waals surface area (Å²) in [5.74, 6) is -0.494. The molecule has 0 aliphatic heterocycles. The van der Waals surface area contributed by atoms with Gasteiger partial charge in [0.1, 0.15) is 11.5 Å². The van der Waals surface area contributed by atoms with Crippen molar-refractivity contribution in [1.82, 2.24) is 15.1 Å². The van der Waals surface area contributed by atoms with E-state index in [1.54, 1.807) is 18.2 Å². The van der Waals surface area contributed by atoms with Gasteiger partial charge in [0, 0.05) is 11.8 Å². The Morgan fingerprint density at radius 2 is 2.00 bits per heavy atom. The lowest BCUT2D eigenvalue weighted by molar-refractivity contribution is 0.0423. The molecular formula is C15H10FN3O3. The van der Waals surface area contributed by atoms with Crippen LogP contribution in [0.5, 0.6) is 0 Å². The molecule has 1 aromatic carbocycles. The van der Waals surface area contributed by atoms with E-state index in [0.29, 0.717) is 11.4 Å². The second-order valence-electron chi connectivity index (χ2n) is 4.31. The summed E-state index contributed by atoms with van der Waals surface area (Å²) >= 11 is 0. The molecule has 0 saturated heterocycles. The molecule has 7 heteroatoms. The molecule has 0 spiro atoms. The number of halogens is 1. The van der Waals surface area contributed by atoms with Crippen molar-refractivity contribution in [2.24, 2.45) is 0 Å². The summed E-state index contributed by atoms with van der Waals surface area (Å²) < 4.78 is 22.9. The van der Waals surface area contributed by atoms with E-state index in [1.807, 2.05) is 0 Å². The largest absolute Gasteiger partial charge is 0.451 e. The first kappa shape index (κ1) is 13.9. The highest BCUT2D eigenvalue weighted by atomic mass is 19.1. The van der Waals surface area contributed by atoms with Gasteiger partial charge < -0.3 is 9.26 Å². The third-order valence-corrected chi connectivity index (χ3v) is 2.77. The Hall–Kier alpha value is -3.09. The summed E-state index contributed by atoms with van der Waals surface area (Å²) in [5.41, 5.74) is 0.799. The highest BCUT2D eigenvalue weighted by Crippen LogP contribution is 2.16. The molecule has 6 nitrogen and oxygen atoms in total. The molecule has 0 bridgehead atoms. The second-order valence-corrected chi connectivity index (χ2v) is 4.31. The lowest BCUT2D eigenvalue weighted by atomic mass is 10.2. The van der Waals surface area contributed by atoms with Crippen molar-refractivity contribution in [3.63, 3.8) is 0 Å². The topological polar surface area (TPSA) is 78.1 Å². The summed E-state index contributed by atoms with van der Waals surface area (Å²) in [6.45, 7) is -0.163. The first-order valence-electron chi connectivity index (χ1n) is 6.39. The number of rotatable bonds is 4. The van der Waals surface area contributed by atoms with E-state index < -0.39 is 5.97 Å². The number of carbonyl (C=O) groups excluding carboxylic acids is 1. The van der Waals surface area contributed by atoms with Crippen LogP contribution in [-0.2, 0) is 11.3 Å². The van der Waals surface area contributed by atoms with Crippen molar-refractivity contribution >= 4 is 5.97 Å². The van der Waals surface area contributed by atoms with Crippen LogP contribution < -0.4 is 0 Å². The van der Waals surface area contributed by atoms with Crippen LogP contribution in [0.15, 0.2) is 53.2 Å². The molecule has 0 unspecified atom stereocenters. The third-order valence-electron chi connectivity index (χ3n) is 2.77. The predicted octanol–water partition coefficient (Wildman–Crippen LogP) is 2.63. The van der Waals surface area contributed by atoms with E-state index in [-0.39, 0.29) is 24.0 Å². The molecule has 2 aromatic heterocycles. The Kier molecular flexibility index (Phi) is 3.86. The molecule has 3 rings (SSSR count). The summed E-state index contributed by atoms with van der Waals surface area (Å²) in [6, 6.07) is 10.6. The molecule has 0 amide bonds. The van der Waals surface area contributed by atoms with E-state index in [9.17, 15) is 9.18 Å². The molecule has 2 heterocycles. The van der Waals surface area contributed by atoms with E-state index in [1.165, 1.54) is 30.5 Å². The number of ether oxygens (including phenoxy) is 1. The SMILES string of the molecule is O=C(OCc1nc(-c2ccc(F)cc2)no1)c1ccccn1. The van der Waals surface area contributed by atoms with E-state index in [0.717, 1.165) is 0 Å². The van der Waals surface area contributed by atoms with Gasteiger partial charge in [-0.3, -0.25) is 0 Å². The summed E-state index contributed by atoms with van der Waals surface area (Å²) in [5, 5.41) is 3.75. The molecule has 0 atom stereocenters. The molecule has 22 heavy (non-hydrogen) atoms. The highest BCUT2D eigenvalue weighted by molar-refractivity contribution is 5.86. The molecular weight excluding hydrogens is 289 g/mol. The van der Waals surface area contributed by atoms with Gasteiger partial charge in [-0.15, -0.1) is 0 Å². The average Bonchev–Trinajstić information content (AvgIpc) is 3.03. The van der Waals surface area contributed by atoms with Crippen LogP contribution in [0.3, 0.4) is 0 Å². The van der Waals surface area contributed by atoms with Crippen molar-refractivity contribution in [3.8, 4) is 11.4 Å². The fourth-order valence-corrected chi connectivity index (χ4v) is 1.71. The fourth-order valence-electron chi connectivity index (χ4n) is 1.71. The maximum absolute atomic E-state index is 12.9. The van der Waals surface area contributed by atoms with Gasteiger partial charge in [-0.05, 0) is 36.4 Å². The van der Waals surface area contributed by atoms with Gasteiger partial charge in [0.15, 0.2) is 6.61 Å². The lowest BCUT2D eigenvalue weighted by Gasteiger charge is -1.99. The summed E-state index contributed by atoms with van der Waals surface area (Å²) in [7, 11) is 0. The predicted molar refractivity (Wildman–Crippen MR) is 73.0 cm³/mol. The van der Waals surface area contributed by atoms with Gasteiger partial charge in [0.2, 0.25) is 5.82 Å². The maximum atomic E-state index is 12.9. The summed E-state index contributed by atoms with van der Waals surface area (Å²) in [6.07, 6.45) is 1.50. The van der Waals surface area contributed by atoms with Crippen LogP contribution in [0.2, 0.25) is 0 Å². The smallest absolute Gasteiger partial charge is 0.357 e. The Labute approximate surface area is 124 Å². The average molecular weight is 299 g/mol. The Morgan fingerprint density at radius 1 is 1.18 bits per heavy atom. The minimum Gasteiger partial charge on any atom is -0.451 e. The van der Waals surface area contributed by atoms with Crippen molar-refractivity contribution in [2.75, 3.05) is 0 Å². The second kappa shape index (κ2) is 6.13. The van der Waals surface area contributed by atoms with Crippen molar-refractivity contribution in [3.05, 3.63) is 66.1 Å². The third kappa shape index (κ3) is 3.14. The van der Waals surface area contributed by atoms with Gasteiger partial charge in [0.25, 0.3) is 5.89 Å². The van der Waals surface area contributed by atoms with Crippen molar-refractivity contribution in [1.29, 1.82) is 0 Å². The molecule has 3 aromatic rings. The minimum absolute atomic E-state index is 0.142. The number of esters is 1. The zero-order valence-corrected chi connectivity index (χ0v) is 11.3. The zero-order chi connectivity index (χ0) is 15.4. The van der Waals surface area contributed by atoms with Crippen molar-refractivity contribution < 1.29 is 18.4 Å². The van der Waals surface area contributed by atoms with Gasteiger partial charge in [0.05, 0.1) is 0 Å². The number of pyridine rings is 1. The van der Waals surface area contributed by atoms with Crippen LogP contribution in [0, 0.1) is 5.82 Å². The van der Waals surface area contributed by atoms with E-state index in [4.69, 9.17) is 9.26 Å². The number of hydrogen-bond donors (Lipinski definition) is 0.